The Kier molecular flexibility index (Phi) is 6.17. The van der Waals surface area contributed by atoms with Crippen molar-refractivity contribution in [1.82, 2.24) is 4.90 Å². The van der Waals surface area contributed by atoms with Gasteiger partial charge < -0.3 is 15.0 Å². The summed E-state index contributed by atoms with van der Waals surface area (Å²) in [7, 11) is 1.61. The summed E-state index contributed by atoms with van der Waals surface area (Å²) in [5.74, 6) is 0.396. The van der Waals surface area contributed by atoms with Gasteiger partial charge >= 0.3 is 0 Å². The van der Waals surface area contributed by atoms with Crippen molar-refractivity contribution in [3.63, 3.8) is 0 Å². The lowest BCUT2D eigenvalue weighted by atomic mass is 10.1. The molecule has 5 heteroatoms. The number of rotatable bonds is 6. The number of hydrogen-bond acceptors (Lipinski definition) is 3. The van der Waals surface area contributed by atoms with Gasteiger partial charge in [0.1, 0.15) is 12.3 Å². The topological polar surface area (TPSA) is 58.6 Å². The summed E-state index contributed by atoms with van der Waals surface area (Å²) >= 11 is 0. The first-order valence-corrected chi connectivity index (χ1v) is 8.14. The minimum Gasteiger partial charge on any atom is -0.497 e. The van der Waals surface area contributed by atoms with Gasteiger partial charge in [-0.05, 0) is 43.2 Å². The molecule has 0 aliphatic heterocycles. The fraction of sp³-hybridized carbons (Fsp3) is 0.300. The summed E-state index contributed by atoms with van der Waals surface area (Å²) in [4.78, 5) is 25.7. The quantitative estimate of drug-likeness (QED) is 0.878. The molecule has 0 aliphatic rings. The zero-order valence-corrected chi connectivity index (χ0v) is 15.1. The van der Waals surface area contributed by atoms with Gasteiger partial charge in [0.15, 0.2) is 0 Å². The van der Waals surface area contributed by atoms with E-state index in [2.05, 4.69) is 5.32 Å². The maximum Gasteiger partial charge on any atom is 0.244 e. The van der Waals surface area contributed by atoms with Crippen LogP contribution < -0.4 is 10.1 Å². The van der Waals surface area contributed by atoms with Crippen molar-refractivity contribution >= 4 is 17.5 Å². The van der Waals surface area contributed by atoms with Crippen LogP contribution in [-0.2, 0) is 16.1 Å². The van der Waals surface area contributed by atoms with Crippen LogP contribution >= 0.6 is 0 Å². The van der Waals surface area contributed by atoms with Crippen LogP contribution in [-0.4, -0.2) is 30.4 Å². The Bertz CT molecular complexity index is 754. The molecule has 2 rings (SSSR count). The smallest absolute Gasteiger partial charge is 0.244 e. The van der Waals surface area contributed by atoms with Gasteiger partial charge in [0.05, 0.1) is 7.11 Å². The maximum atomic E-state index is 12.3. The Balaban J connectivity index is 2.02. The minimum atomic E-state index is -0.212. The Morgan fingerprint density at radius 1 is 1.08 bits per heavy atom. The lowest BCUT2D eigenvalue weighted by Crippen LogP contribution is -2.36. The minimum absolute atomic E-state index is 0.00861. The fourth-order valence-corrected chi connectivity index (χ4v) is 2.55. The second-order valence-corrected chi connectivity index (χ2v) is 6.09. The number of nitrogens with one attached hydrogen (secondary N) is 1. The summed E-state index contributed by atoms with van der Waals surface area (Å²) in [5.41, 5.74) is 3.84. The van der Waals surface area contributed by atoms with E-state index >= 15 is 0 Å². The third kappa shape index (κ3) is 5.35. The van der Waals surface area contributed by atoms with Gasteiger partial charge in [-0.15, -0.1) is 0 Å². The van der Waals surface area contributed by atoms with Crippen LogP contribution in [0.3, 0.4) is 0 Å². The molecule has 0 saturated heterocycles. The molecule has 1 N–H and O–H groups in total. The van der Waals surface area contributed by atoms with Crippen LogP contribution in [0.2, 0.25) is 0 Å². The molecule has 0 bridgehead atoms. The average Bonchev–Trinajstić information content (AvgIpc) is 2.57. The van der Waals surface area contributed by atoms with Gasteiger partial charge in [-0.25, -0.2) is 0 Å². The van der Waals surface area contributed by atoms with E-state index < -0.39 is 0 Å². The lowest BCUT2D eigenvalue weighted by molar-refractivity contribution is -0.133. The molecular weight excluding hydrogens is 316 g/mol. The number of nitrogens with zero attached hydrogens (tertiary/aromatic N) is 1. The predicted molar refractivity (Wildman–Crippen MR) is 98.6 cm³/mol. The normalized spacial score (nSPS) is 10.2. The number of carbonyl (C=O) groups is 2. The molecule has 0 aliphatic carbocycles. The molecule has 2 aromatic carbocycles. The van der Waals surface area contributed by atoms with Gasteiger partial charge in [-0.1, -0.05) is 29.8 Å². The third-order valence-electron chi connectivity index (χ3n) is 3.97. The molecule has 0 heterocycles. The van der Waals surface area contributed by atoms with Crippen molar-refractivity contribution in [2.24, 2.45) is 0 Å². The van der Waals surface area contributed by atoms with Gasteiger partial charge in [-0.2, -0.15) is 0 Å². The van der Waals surface area contributed by atoms with E-state index in [0.29, 0.717) is 6.54 Å². The molecule has 0 radical (unpaired) electrons. The van der Waals surface area contributed by atoms with Crippen molar-refractivity contribution in [3.05, 3.63) is 59.2 Å². The first-order chi connectivity index (χ1) is 11.9. The summed E-state index contributed by atoms with van der Waals surface area (Å²) < 4.78 is 5.13. The fourth-order valence-electron chi connectivity index (χ4n) is 2.55. The second kappa shape index (κ2) is 8.33. The standard InChI is InChI=1S/C20H24N2O3/c1-14-5-10-19(15(2)11-14)21-20(24)13-22(16(3)23)12-17-6-8-18(25-4)9-7-17/h5-11H,12-13H2,1-4H3,(H,21,24). The molecular formula is C20H24N2O3. The zero-order chi connectivity index (χ0) is 18.4. The largest absolute Gasteiger partial charge is 0.497 e. The van der Waals surface area contributed by atoms with Crippen LogP contribution in [0, 0.1) is 13.8 Å². The van der Waals surface area contributed by atoms with E-state index in [9.17, 15) is 9.59 Å². The molecule has 2 aromatic rings. The molecule has 0 saturated carbocycles. The second-order valence-electron chi connectivity index (χ2n) is 6.09. The van der Waals surface area contributed by atoms with E-state index in [0.717, 1.165) is 28.1 Å². The van der Waals surface area contributed by atoms with Crippen molar-refractivity contribution in [2.45, 2.75) is 27.3 Å². The van der Waals surface area contributed by atoms with E-state index in [1.165, 1.54) is 11.8 Å². The average molecular weight is 340 g/mol. The Morgan fingerprint density at radius 2 is 1.76 bits per heavy atom. The van der Waals surface area contributed by atoms with E-state index in [1.807, 2.05) is 56.3 Å². The Labute approximate surface area is 148 Å². The zero-order valence-electron chi connectivity index (χ0n) is 15.1. The SMILES string of the molecule is COc1ccc(CN(CC(=O)Nc2ccc(C)cc2C)C(C)=O)cc1. The molecule has 0 atom stereocenters. The van der Waals surface area contributed by atoms with Crippen molar-refractivity contribution < 1.29 is 14.3 Å². The van der Waals surface area contributed by atoms with Crippen molar-refractivity contribution in [3.8, 4) is 5.75 Å². The number of methoxy groups -OCH3 is 1. The highest BCUT2D eigenvalue weighted by Crippen LogP contribution is 2.16. The number of benzene rings is 2. The molecule has 25 heavy (non-hydrogen) atoms. The van der Waals surface area contributed by atoms with Crippen LogP contribution in [0.5, 0.6) is 5.75 Å². The number of carbonyl (C=O) groups excluding carboxylic acids is 2. The van der Waals surface area contributed by atoms with E-state index in [-0.39, 0.29) is 18.4 Å². The van der Waals surface area contributed by atoms with Crippen LogP contribution in [0.1, 0.15) is 23.6 Å². The summed E-state index contributed by atoms with van der Waals surface area (Å²) in [6.45, 7) is 5.80. The molecule has 132 valence electrons. The number of hydrogen-bond donors (Lipinski definition) is 1. The number of anilines is 1. The molecule has 0 fully saturated rings. The van der Waals surface area contributed by atoms with E-state index in [1.54, 1.807) is 7.11 Å². The lowest BCUT2D eigenvalue weighted by Gasteiger charge is -2.21. The monoisotopic (exact) mass is 340 g/mol. The highest BCUT2D eigenvalue weighted by molar-refractivity contribution is 5.94. The Hall–Kier alpha value is -2.82. The molecule has 0 spiro atoms. The van der Waals surface area contributed by atoms with E-state index in [4.69, 9.17) is 4.74 Å². The maximum absolute atomic E-state index is 12.3. The Morgan fingerprint density at radius 3 is 2.32 bits per heavy atom. The highest BCUT2D eigenvalue weighted by atomic mass is 16.5. The third-order valence-corrected chi connectivity index (χ3v) is 3.97. The van der Waals surface area contributed by atoms with Crippen LogP contribution in [0.25, 0.3) is 0 Å². The van der Waals surface area contributed by atoms with Crippen molar-refractivity contribution in [2.75, 3.05) is 19.0 Å². The van der Waals surface area contributed by atoms with Crippen LogP contribution in [0.4, 0.5) is 5.69 Å². The first kappa shape index (κ1) is 18.5. The summed E-state index contributed by atoms with van der Waals surface area (Å²) in [6, 6.07) is 13.3. The van der Waals surface area contributed by atoms with Crippen molar-refractivity contribution in [1.29, 1.82) is 0 Å². The molecule has 5 nitrogen and oxygen atoms in total. The summed E-state index contributed by atoms with van der Waals surface area (Å²) in [5, 5.41) is 2.87. The number of ether oxygens (including phenoxy) is 1. The summed E-state index contributed by atoms with van der Waals surface area (Å²) in [6.07, 6.45) is 0. The number of amides is 2. The molecule has 0 aromatic heterocycles. The first-order valence-electron chi connectivity index (χ1n) is 8.14. The molecule has 2 amide bonds. The molecule has 0 unspecified atom stereocenters. The van der Waals surface area contributed by atoms with Gasteiger partial charge in [0.25, 0.3) is 0 Å². The highest BCUT2D eigenvalue weighted by Gasteiger charge is 2.15. The predicted octanol–water partition coefficient (Wildman–Crippen LogP) is 3.30. The van der Waals surface area contributed by atoms with Gasteiger partial charge in [0.2, 0.25) is 11.8 Å². The van der Waals surface area contributed by atoms with Gasteiger partial charge in [-0.3, -0.25) is 9.59 Å². The number of aryl methyl sites for hydroxylation is 2. The van der Waals surface area contributed by atoms with Gasteiger partial charge in [0, 0.05) is 19.2 Å². The van der Waals surface area contributed by atoms with Crippen LogP contribution in [0.15, 0.2) is 42.5 Å².